The number of ether oxygens (including phenoxy) is 1. The zero-order valence-corrected chi connectivity index (χ0v) is 12.9. The summed E-state index contributed by atoms with van der Waals surface area (Å²) in [5, 5.41) is 3.04. The maximum atomic E-state index is 12.0. The number of nitrogens with one attached hydrogen (secondary N) is 1. The summed E-state index contributed by atoms with van der Waals surface area (Å²) in [6, 6.07) is 0. The predicted molar refractivity (Wildman–Crippen MR) is 80.7 cm³/mol. The molecule has 1 amide bonds. The normalized spacial score (nSPS) is 22.2. The first kappa shape index (κ1) is 15.8. The summed E-state index contributed by atoms with van der Waals surface area (Å²) >= 11 is 0. The summed E-state index contributed by atoms with van der Waals surface area (Å²) in [6.45, 7) is 6.79. The molecule has 20 heavy (non-hydrogen) atoms. The molecule has 0 bridgehead atoms. The van der Waals surface area contributed by atoms with Crippen LogP contribution in [0.1, 0.15) is 51.9 Å². The minimum absolute atomic E-state index is 0.101. The highest BCUT2D eigenvalue weighted by molar-refractivity contribution is 5.78. The van der Waals surface area contributed by atoms with Crippen molar-refractivity contribution in [2.24, 2.45) is 5.92 Å². The van der Waals surface area contributed by atoms with Gasteiger partial charge in [-0.1, -0.05) is 19.8 Å². The van der Waals surface area contributed by atoms with Crippen molar-refractivity contribution in [2.75, 3.05) is 32.8 Å². The van der Waals surface area contributed by atoms with Crippen LogP contribution in [-0.2, 0) is 9.53 Å². The third-order valence-electron chi connectivity index (χ3n) is 4.45. The molecule has 2 fully saturated rings. The Morgan fingerprint density at radius 1 is 1.25 bits per heavy atom. The molecule has 2 rings (SSSR count). The fourth-order valence-electron chi connectivity index (χ4n) is 3.20. The van der Waals surface area contributed by atoms with Gasteiger partial charge in [0.25, 0.3) is 0 Å². The Bertz CT molecular complexity index is 284. The van der Waals surface area contributed by atoms with Crippen molar-refractivity contribution < 1.29 is 9.53 Å². The van der Waals surface area contributed by atoms with Crippen LogP contribution in [0.25, 0.3) is 0 Å². The van der Waals surface area contributed by atoms with Crippen LogP contribution >= 0.6 is 0 Å². The van der Waals surface area contributed by atoms with Gasteiger partial charge in [-0.2, -0.15) is 0 Å². The van der Waals surface area contributed by atoms with Crippen molar-refractivity contribution in [1.82, 2.24) is 10.2 Å². The van der Waals surface area contributed by atoms with Crippen LogP contribution in [0.15, 0.2) is 0 Å². The van der Waals surface area contributed by atoms with Gasteiger partial charge in [-0.05, 0) is 45.2 Å². The lowest BCUT2D eigenvalue weighted by Crippen LogP contribution is -2.37. The molecule has 0 aromatic heterocycles. The van der Waals surface area contributed by atoms with E-state index in [2.05, 4.69) is 10.2 Å². The molecule has 1 saturated heterocycles. The van der Waals surface area contributed by atoms with Crippen LogP contribution < -0.4 is 5.32 Å². The Kier molecular flexibility index (Phi) is 6.80. The van der Waals surface area contributed by atoms with E-state index in [4.69, 9.17) is 4.74 Å². The Labute approximate surface area is 123 Å². The number of carbonyl (C=O) groups is 1. The minimum atomic E-state index is 0.101. The summed E-state index contributed by atoms with van der Waals surface area (Å²) < 4.78 is 5.79. The van der Waals surface area contributed by atoms with E-state index in [0.29, 0.717) is 6.10 Å². The van der Waals surface area contributed by atoms with Crippen molar-refractivity contribution >= 4 is 5.91 Å². The van der Waals surface area contributed by atoms with E-state index < -0.39 is 0 Å². The smallest absolute Gasteiger partial charge is 0.224 e. The Morgan fingerprint density at radius 3 is 2.65 bits per heavy atom. The average molecular weight is 282 g/mol. The monoisotopic (exact) mass is 282 g/mol. The highest BCUT2D eigenvalue weighted by atomic mass is 16.5. The second-order valence-corrected chi connectivity index (χ2v) is 6.33. The molecule has 0 radical (unpaired) electrons. The standard InChI is InChI=1S/C16H30N2O2/c1-14(13-18-10-4-5-11-18)16(19)17-9-6-12-20-15-7-2-3-8-15/h14-15H,2-13H2,1H3,(H,17,19). The van der Waals surface area contributed by atoms with Crippen LogP contribution in [0, 0.1) is 5.92 Å². The van der Waals surface area contributed by atoms with Gasteiger partial charge in [-0.25, -0.2) is 0 Å². The van der Waals surface area contributed by atoms with E-state index >= 15 is 0 Å². The summed E-state index contributed by atoms with van der Waals surface area (Å²) in [5.41, 5.74) is 0. The van der Waals surface area contributed by atoms with E-state index in [-0.39, 0.29) is 11.8 Å². The van der Waals surface area contributed by atoms with Gasteiger partial charge >= 0.3 is 0 Å². The third-order valence-corrected chi connectivity index (χ3v) is 4.45. The van der Waals surface area contributed by atoms with Gasteiger partial charge in [0.05, 0.1) is 6.10 Å². The summed E-state index contributed by atoms with van der Waals surface area (Å²) in [4.78, 5) is 14.4. The van der Waals surface area contributed by atoms with Crippen LogP contribution in [0.5, 0.6) is 0 Å². The molecule has 116 valence electrons. The fraction of sp³-hybridized carbons (Fsp3) is 0.938. The lowest BCUT2D eigenvalue weighted by atomic mass is 10.1. The van der Waals surface area contributed by atoms with Crippen LogP contribution in [0.4, 0.5) is 0 Å². The zero-order valence-electron chi connectivity index (χ0n) is 12.9. The fourth-order valence-corrected chi connectivity index (χ4v) is 3.20. The maximum Gasteiger partial charge on any atom is 0.224 e. The molecular formula is C16H30N2O2. The molecule has 0 aromatic rings. The van der Waals surface area contributed by atoms with E-state index in [1.807, 2.05) is 6.92 Å². The lowest BCUT2D eigenvalue weighted by molar-refractivity contribution is -0.125. The molecule has 2 aliphatic rings. The average Bonchev–Trinajstić information content (AvgIpc) is 3.11. The highest BCUT2D eigenvalue weighted by Gasteiger charge is 2.19. The zero-order chi connectivity index (χ0) is 14.2. The molecule has 0 aromatic carbocycles. The first-order valence-corrected chi connectivity index (χ1v) is 8.37. The molecule has 1 heterocycles. The van der Waals surface area contributed by atoms with Crippen LogP contribution in [0.2, 0.25) is 0 Å². The Morgan fingerprint density at radius 2 is 1.95 bits per heavy atom. The van der Waals surface area contributed by atoms with Gasteiger partial charge in [-0.15, -0.1) is 0 Å². The van der Waals surface area contributed by atoms with Crippen molar-refractivity contribution in [3.63, 3.8) is 0 Å². The summed E-state index contributed by atoms with van der Waals surface area (Å²) in [5.74, 6) is 0.293. The first-order valence-electron chi connectivity index (χ1n) is 8.37. The van der Waals surface area contributed by atoms with Gasteiger partial charge in [-0.3, -0.25) is 4.79 Å². The molecule has 1 aliphatic heterocycles. The van der Waals surface area contributed by atoms with Crippen molar-refractivity contribution in [3.05, 3.63) is 0 Å². The van der Waals surface area contributed by atoms with E-state index in [0.717, 1.165) is 39.2 Å². The quantitative estimate of drug-likeness (QED) is 0.694. The maximum absolute atomic E-state index is 12.0. The van der Waals surface area contributed by atoms with Crippen molar-refractivity contribution in [1.29, 1.82) is 0 Å². The van der Waals surface area contributed by atoms with Crippen LogP contribution in [0.3, 0.4) is 0 Å². The number of likely N-dealkylation sites (tertiary alicyclic amines) is 1. The molecule has 4 nitrogen and oxygen atoms in total. The summed E-state index contributed by atoms with van der Waals surface area (Å²) in [7, 11) is 0. The van der Waals surface area contributed by atoms with Crippen LogP contribution in [-0.4, -0.2) is 49.7 Å². The molecular weight excluding hydrogens is 252 g/mol. The third kappa shape index (κ3) is 5.41. The molecule has 1 aliphatic carbocycles. The SMILES string of the molecule is CC(CN1CCCC1)C(=O)NCCCOC1CCCC1. The van der Waals surface area contributed by atoms with E-state index in [1.54, 1.807) is 0 Å². The number of hydrogen-bond donors (Lipinski definition) is 1. The highest BCUT2D eigenvalue weighted by Crippen LogP contribution is 2.20. The largest absolute Gasteiger partial charge is 0.378 e. The topological polar surface area (TPSA) is 41.6 Å². The second kappa shape index (κ2) is 8.63. The molecule has 0 spiro atoms. The van der Waals surface area contributed by atoms with Gasteiger partial charge in [0.2, 0.25) is 5.91 Å². The number of rotatable bonds is 8. The van der Waals surface area contributed by atoms with Gasteiger partial charge in [0.1, 0.15) is 0 Å². The Hall–Kier alpha value is -0.610. The number of nitrogens with zero attached hydrogens (tertiary/aromatic N) is 1. The molecule has 4 heteroatoms. The number of hydrogen-bond acceptors (Lipinski definition) is 3. The summed E-state index contributed by atoms with van der Waals surface area (Å²) in [6.07, 6.45) is 9.06. The van der Waals surface area contributed by atoms with Gasteiger partial charge < -0.3 is 15.0 Å². The van der Waals surface area contributed by atoms with Gasteiger partial charge in [0, 0.05) is 25.6 Å². The molecule has 1 unspecified atom stereocenters. The minimum Gasteiger partial charge on any atom is -0.378 e. The van der Waals surface area contributed by atoms with Gasteiger partial charge in [0.15, 0.2) is 0 Å². The predicted octanol–water partition coefficient (Wildman–Crippen LogP) is 2.18. The lowest BCUT2D eigenvalue weighted by Gasteiger charge is -2.19. The second-order valence-electron chi connectivity index (χ2n) is 6.33. The molecule has 1 atom stereocenters. The molecule has 1 saturated carbocycles. The first-order chi connectivity index (χ1) is 9.75. The van der Waals surface area contributed by atoms with E-state index in [9.17, 15) is 4.79 Å². The van der Waals surface area contributed by atoms with E-state index in [1.165, 1.54) is 38.5 Å². The van der Waals surface area contributed by atoms with Crippen molar-refractivity contribution in [3.8, 4) is 0 Å². The van der Waals surface area contributed by atoms with Crippen molar-refractivity contribution in [2.45, 2.75) is 58.0 Å². The Balaban J connectivity index is 1.48. The number of amides is 1. The number of carbonyl (C=O) groups excluding carboxylic acids is 1. The molecule has 1 N–H and O–H groups in total.